The summed E-state index contributed by atoms with van der Waals surface area (Å²) in [5.41, 5.74) is 1.42. The van der Waals surface area contributed by atoms with Crippen LogP contribution < -0.4 is 5.32 Å². The number of rotatable bonds is 5. The summed E-state index contributed by atoms with van der Waals surface area (Å²) in [5.74, 6) is 0.754. The monoisotopic (exact) mass is 245 g/mol. The highest BCUT2D eigenvalue weighted by atomic mass is 16.1. The van der Waals surface area contributed by atoms with E-state index in [0.717, 1.165) is 12.8 Å². The van der Waals surface area contributed by atoms with Crippen LogP contribution in [0, 0.1) is 11.8 Å². The number of nitrogens with one attached hydrogen (secondary N) is 1. The summed E-state index contributed by atoms with van der Waals surface area (Å²) < 4.78 is 0. The Labute approximate surface area is 108 Å². The molecule has 1 saturated carbocycles. The number of ketones is 1. The van der Waals surface area contributed by atoms with Crippen LogP contribution >= 0.6 is 0 Å². The first-order valence-electron chi connectivity index (χ1n) is 6.50. The van der Waals surface area contributed by atoms with E-state index in [1.54, 1.807) is 6.07 Å². The zero-order chi connectivity index (χ0) is 13.1. The summed E-state index contributed by atoms with van der Waals surface area (Å²) in [6.45, 7) is 4.01. The fourth-order valence-electron chi connectivity index (χ4n) is 1.91. The van der Waals surface area contributed by atoms with Gasteiger partial charge in [0.2, 0.25) is 5.91 Å². The van der Waals surface area contributed by atoms with Gasteiger partial charge in [-0.2, -0.15) is 0 Å². The fraction of sp³-hybridized carbons (Fsp3) is 0.467. The van der Waals surface area contributed by atoms with Crippen molar-refractivity contribution in [3.05, 3.63) is 29.8 Å². The van der Waals surface area contributed by atoms with Gasteiger partial charge in [-0.05, 0) is 30.9 Å². The molecule has 0 aliphatic heterocycles. The molecule has 1 aliphatic carbocycles. The molecule has 2 rings (SSSR count). The fourth-order valence-corrected chi connectivity index (χ4v) is 1.91. The van der Waals surface area contributed by atoms with Crippen LogP contribution in [0.15, 0.2) is 24.3 Å². The van der Waals surface area contributed by atoms with Gasteiger partial charge in [-0.3, -0.25) is 9.59 Å². The third-order valence-electron chi connectivity index (χ3n) is 2.97. The molecule has 1 aliphatic rings. The third kappa shape index (κ3) is 3.42. The van der Waals surface area contributed by atoms with Gasteiger partial charge < -0.3 is 5.32 Å². The Morgan fingerprint density at radius 1 is 1.33 bits per heavy atom. The van der Waals surface area contributed by atoms with Crippen molar-refractivity contribution in [2.24, 2.45) is 11.8 Å². The van der Waals surface area contributed by atoms with E-state index in [-0.39, 0.29) is 17.6 Å². The maximum atomic E-state index is 11.9. The Kier molecular flexibility index (Phi) is 3.80. The number of anilines is 1. The van der Waals surface area contributed by atoms with Gasteiger partial charge in [0.15, 0.2) is 5.78 Å². The van der Waals surface area contributed by atoms with E-state index in [1.165, 1.54) is 0 Å². The first-order chi connectivity index (χ1) is 8.56. The lowest BCUT2D eigenvalue weighted by molar-refractivity contribution is -0.116. The second kappa shape index (κ2) is 5.34. The van der Waals surface area contributed by atoms with Crippen molar-refractivity contribution in [1.29, 1.82) is 0 Å². The Morgan fingerprint density at radius 3 is 2.67 bits per heavy atom. The van der Waals surface area contributed by atoms with Crippen LogP contribution in [0.2, 0.25) is 0 Å². The van der Waals surface area contributed by atoms with Crippen molar-refractivity contribution in [1.82, 2.24) is 0 Å². The third-order valence-corrected chi connectivity index (χ3v) is 2.97. The number of carbonyl (C=O) groups excluding carboxylic acids is 2. The van der Waals surface area contributed by atoms with Gasteiger partial charge in [0.05, 0.1) is 0 Å². The summed E-state index contributed by atoms with van der Waals surface area (Å²) in [7, 11) is 0. The number of benzene rings is 1. The van der Waals surface area contributed by atoms with Gasteiger partial charge in [-0.1, -0.05) is 26.0 Å². The van der Waals surface area contributed by atoms with E-state index in [2.05, 4.69) is 5.32 Å². The first kappa shape index (κ1) is 12.8. The van der Waals surface area contributed by atoms with E-state index < -0.39 is 0 Å². The number of Topliss-reactive ketones (excluding diaryl/α,β-unsaturated/α-hetero) is 1. The molecule has 0 heterocycles. The lowest BCUT2D eigenvalue weighted by Gasteiger charge is -2.08. The molecule has 1 aromatic rings. The van der Waals surface area contributed by atoms with Gasteiger partial charge >= 0.3 is 0 Å². The van der Waals surface area contributed by atoms with E-state index in [9.17, 15) is 9.59 Å². The molecule has 0 bridgehead atoms. The van der Waals surface area contributed by atoms with Crippen molar-refractivity contribution in [3.63, 3.8) is 0 Å². The molecular weight excluding hydrogens is 226 g/mol. The van der Waals surface area contributed by atoms with E-state index in [0.29, 0.717) is 23.6 Å². The molecule has 18 heavy (non-hydrogen) atoms. The minimum absolute atomic E-state index is 0.000945. The van der Waals surface area contributed by atoms with E-state index in [1.807, 2.05) is 32.0 Å². The minimum atomic E-state index is 0.000945. The van der Waals surface area contributed by atoms with Crippen molar-refractivity contribution in [3.8, 4) is 0 Å². The topological polar surface area (TPSA) is 46.2 Å². The second-order valence-electron chi connectivity index (χ2n) is 5.37. The van der Waals surface area contributed by atoms with Crippen LogP contribution in [0.3, 0.4) is 0 Å². The summed E-state index contributed by atoms with van der Waals surface area (Å²) in [6, 6.07) is 7.24. The Balaban J connectivity index is 2.02. The molecule has 96 valence electrons. The molecule has 1 fully saturated rings. The lowest BCUT2D eigenvalue weighted by Crippen LogP contribution is -2.14. The van der Waals surface area contributed by atoms with Gasteiger partial charge in [0, 0.05) is 23.6 Å². The Bertz CT molecular complexity index is 461. The van der Waals surface area contributed by atoms with Crippen LogP contribution in [0.5, 0.6) is 0 Å². The number of amides is 1. The number of hydrogen-bond acceptors (Lipinski definition) is 2. The average molecular weight is 245 g/mol. The molecule has 0 saturated heterocycles. The van der Waals surface area contributed by atoms with Crippen LogP contribution in [0.4, 0.5) is 5.69 Å². The molecule has 1 amide bonds. The largest absolute Gasteiger partial charge is 0.326 e. The van der Waals surface area contributed by atoms with Crippen molar-refractivity contribution < 1.29 is 9.59 Å². The number of hydrogen-bond donors (Lipinski definition) is 1. The molecule has 0 aromatic heterocycles. The molecule has 0 radical (unpaired) electrons. The maximum Gasteiger partial charge on any atom is 0.224 e. The summed E-state index contributed by atoms with van der Waals surface area (Å²) in [6.07, 6.45) is 2.51. The summed E-state index contributed by atoms with van der Waals surface area (Å²) in [5, 5.41) is 2.84. The molecule has 3 nitrogen and oxygen atoms in total. The van der Waals surface area contributed by atoms with Crippen LogP contribution in [0.1, 0.15) is 43.5 Å². The van der Waals surface area contributed by atoms with Crippen molar-refractivity contribution >= 4 is 17.4 Å². The van der Waals surface area contributed by atoms with Gasteiger partial charge in [0.25, 0.3) is 0 Å². The standard InChI is InChI=1S/C15H19NO2/c1-10(2)8-14(17)16-13-5-3-4-12(9-13)15(18)11-6-7-11/h3-5,9-11H,6-8H2,1-2H3,(H,16,17). The molecular formula is C15H19NO2. The second-order valence-corrected chi connectivity index (χ2v) is 5.37. The van der Waals surface area contributed by atoms with E-state index >= 15 is 0 Å². The van der Waals surface area contributed by atoms with Crippen LogP contribution in [-0.2, 0) is 4.79 Å². The van der Waals surface area contributed by atoms with Crippen molar-refractivity contribution in [2.45, 2.75) is 33.1 Å². The smallest absolute Gasteiger partial charge is 0.224 e. The Morgan fingerprint density at radius 2 is 2.06 bits per heavy atom. The van der Waals surface area contributed by atoms with Crippen molar-refractivity contribution in [2.75, 3.05) is 5.32 Å². The number of carbonyl (C=O) groups is 2. The zero-order valence-corrected chi connectivity index (χ0v) is 10.9. The lowest BCUT2D eigenvalue weighted by atomic mass is 10.1. The molecule has 0 atom stereocenters. The SMILES string of the molecule is CC(C)CC(=O)Nc1cccc(C(=O)C2CC2)c1. The predicted molar refractivity (Wildman–Crippen MR) is 71.6 cm³/mol. The van der Waals surface area contributed by atoms with Gasteiger partial charge in [-0.25, -0.2) is 0 Å². The van der Waals surface area contributed by atoms with Gasteiger partial charge in [0.1, 0.15) is 0 Å². The summed E-state index contributed by atoms with van der Waals surface area (Å²) >= 11 is 0. The highest BCUT2D eigenvalue weighted by molar-refractivity contribution is 6.01. The molecule has 1 aromatic carbocycles. The quantitative estimate of drug-likeness (QED) is 0.809. The molecule has 0 spiro atoms. The zero-order valence-electron chi connectivity index (χ0n) is 10.9. The average Bonchev–Trinajstić information content (AvgIpc) is 3.11. The molecule has 0 unspecified atom stereocenters. The minimum Gasteiger partial charge on any atom is -0.326 e. The normalized spacial score (nSPS) is 14.6. The first-order valence-corrected chi connectivity index (χ1v) is 6.50. The predicted octanol–water partition coefficient (Wildman–Crippen LogP) is 3.26. The molecule has 1 N–H and O–H groups in total. The Hall–Kier alpha value is -1.64. The summed E-state index contributed by atoms with van der Waals surface area (Å²) in [4.78, 5) is 23.6. The van der Waals surface area contributed by atoms with Crippen LogP contribution in [0.25, 0.3) is 0 Å². The highest BCUT2D eigenvalue weighted by Crippen LogP contribution is 2.33. The van der Waals surface area contributed by atoms with Crippen LogP contribution in [-0.4, -0.2) is 11.7 Å². The highest BCUT2D eigenvalue weighted by Gasteiger charge is 2.30. The molecule has 3 heteroatoms. The maximum absolute atomic E-state index is 11.9. The van der Waals surface area contributed by atoms with Gasteiger partial charge in [-0.15, -0.1) is 0 Å². The van der Waals surface area contributed by atoms with E-state index in [4.69, 9.17) is 0 Å².